The summed E-state index contributed by atoms with van der Waals surface area (Å²) < 4.78 is 11.1. The highest BCUT2D eigenvalue weighted by Crippen LogP contribution is 2.26. The van der Waals surface area contributed by atoms with Gasteiger partial charge in [0.15, 0.2) is 11.5 Å². The summed E-state index contributed by atoms with van der Waals surface area (Å²) in [7, 11) is 0. The van der Waals surface area contributed by atoms with E-state index in [9.17, 15) is 4.79 Å². The molecule has 0 bridgehead atoms. The van der Waals surface area contributed by atoms with Crippen molar-refractivity contribution in [1.82, 2.24) is 5.32 Å². The average Bonchev–Trinajstić information content (AvgIpc) is 2.45. The minimum absolute atomic E-state index is 0.00430. The lowest BCUT2D eigenvalue weighted by atomic mass is 10.2. The van der Waals surface area contributed by atoms with Crippen LogP contribution in [0.3, 0.4) is 0 Å². The number of carbonyl (C=O) groups excluding carboxylic acids is 1. The van der Waals surface area contributed by atoms with E-state index in [-0.39, 0.29) is 11.9 Å². The van der Waals surface area contributed by atoms with Crippen LogP contribution in [0, 0.1) is 0 Å². The fourth-order valence-electron chi connectivity index (χ4n) is 1.66. The monoisotopic (exact) mass is 280 g/mol. The molecule has 1 aromatic carbocycles. The Morgan fingerprint density at radius 2 is 1.95 bits per heavy atom. The van der Waals surface area contributed by atoms with Crippen LogP contribution < -0.4 is 20.5 Å². The molecule has 0 unspecified atom stereocenters. The van der Waals surface area contributed by atoms with E-state index in [4.69, 9.17) is 15.2 Å². The Labute approximate surface area is 120 Å². The minimum Gasteiger partial charge on any atom is -0.490 e. The summed E-state index contributed by atoms with van der Waals surface area (Å²) in [6.45, 7) is 5.34. The second kappa shape index (κ2) is 9.20. The van der Waals surface area contributed by atoms with Gasteiger partial charge in [0.2, 0.25) is 5.91 Å². The lowest BCUT2D eigenvalue weighted by Crippen LogP contribution is -2.37. The first-order valence-corrected chi connectivity index (χ1v) is 7.01. The predicted octanol–water partition coefficient (Wildman–Crippen LogP) is 1.71. The second-order valence-corrected chi connectivity index (χ2v) is 4.54. The summed E-state index contributed by atoms with van der Waals surface area (Å²) in [4.78, 5) is 11.5. The van der Waals surface area contributed by atoms with Gasteiger partial charge >= 0.3 is 0 Å². The van der Waals surface area contributed by atoms with Crippen LogP contribution in [-0.4, -0.2) is 31.7 Å². The molecule has 0 fully saturated rings. The number of carbonyl (C=O) groups is 1. The van der Waals surface area contributed by atoms with Gasteiger partial charge in [0, 0.05) is 19.0 Å². The molecular weight excluding hydrogens is 256 g/mol. The van der Waals surface area contributed by atoms with E-state index in [0.717, 1.165) is 5.75 Å². The lowest BCUT2D eigenvalue weighted by Gasteiger charge is -2.13. The number of hydrogen-bond donors (Lipinski definition) is 2. The molecule has 0 aliphatic carbocycles. The molecule has 3 N–H and O–H groups in total. The number of para-hydroxylation sites is 2. The molecule has 1 atom stereocenters. The van der Waals surface area contributed by atoms with Gasteiger partial charge in [-0.3, -0.25) is 4.79 Å². The standard InChI is InChI=1S/C15H24N2O3/c1-3-19-13-7-4-5-8-14(13)20-10-6-9-15(18)17-12(2)11-16/h4-5,7-8,12H,3,6,9-11,16H2,1-2H3,(H,17,18)/t12-/m0/s1. The van der Waals surface area contributed by atoms with Crippen LogP contribution in [0.25, 0.3) is 0 Å². The van der Waals surface area contributed by atoms with E-state index in [1.54, 1.807) is 0 Å². The molecule has 0 aromatic heterocycles. The van der Waals surface area contributed by atoms with E-state index in [2.05, 4.69) is 5.32 Å². The zero-order chi connectivity index (χ0) is 14.8. The molecule has 0 radical (unpaired) electrons. The van der Waals surface area contributed by atoms with Crippen molar-refractivity contribution >= 4 is 5.91 Å². The smallest absolute Gasteiger partial charge is 0.220 e. The zero-order valence-corrected chi connectivity index (χ0v) is 12.2. The van der Waals surface area contributed by atoms with E-state index >= 15 is 0 Å². The van der Waals surface area contributed by atoms with Gasteiger partial charge in [-0.15, -0.1) is 0 Å². The van der Waals surface area contributed by atoms with Gasteiger partial charge in [-0.25, -0.2) is 0 Å². The van der Waals surface area contributed by atoms with Crippen molar-refractivity contribution < 1.29 is 14.3 Å². The third kappa shape index (κ3) is 5.93. The van der Waals surface area contributed by atoms with Crippen molar-refractivity contribution in [2.75, 3.05) is 19.8 Å². The highest BCUT2D eigenvalue weighted by atomic mass is 16.5. The van der Waals surface area contributed by atoms with Crippen molar-refractivity contribution in [3.8, 4) is 11.5 Å². The molecule has 112 valence electrons. The van der Waals surface area contributed by atoms with E-state index in [0.29, 0.717) is 38.3 Å². The summed E-state index contributed by atoms with van der Waals surface area (Å²) in [5, 5.41) is 2.82. The normalized spacial score (nSPS) is 11.8. The maximum Gasteiger partial charge on any atom is 0.220 e. The maximum atomic E-state index is 11.5. The fourth-order valence-corrected chi connectivity index (χ4v) is 1.66. The Kier molecular flexibility index (Phi) is 7.50. The molecule has 20 heavy (non-hydrogen) atoms. The summed E-state index contributed by atoms with van der Waals surface area (Å²) in [6.07, 6.45) is 1.09. The molecule has 1 aromatic rings. The number of ether oxygens (including phenoxy) is 2. The highest BCUT2D eigenvalue weighted by Gasteiger charge is 2.06. The number of hydrogen-bond acceptors (Lipinski definition) is 4. The van der Waals surface area contributed by atoms with Gasteiger partial charge in [0.25, 0.3) is 0 Å². The lowest BCUT2D eigenvalue weighted by molar-refractivity contribution is -0.121. The molecular formula is C15H24N2O3. The summed E-state index contributed by atoms with van der Waals surface area (Å²) in [6, 6.07) is 7.55. The Morgan fingerprint density at radius 1 is 1.30 bits per heavy atom. The maximum absolute atomic E-state index is 11.5. The molecule has 1 rings (SSSR count). The van der Waals surface area contributed by atoms with E-state index < -0.39 is 0 Å². The largest absolute Gasteiger partial charge is 0.490 e. The van der Waals surface area contributed by atoms with E-state index in [1.807, 2.05) is 38.1 Å². The topological polar surface area (TPSA) is 73.6 Å². The molecule has 0 aliphatic rings. The summed E-state index contributed by atoms with van der Waals surface area (Å²) in [5.74, 6) is 1.45. The van der Waals surface area contributed by atoms with Crippen LogP contribution in [-0.2, 0) is 4.79 Å². The Hall–Kier alpha value is -1.75. The molecule has 0 spiro atoms. The molecule has 5 nitrogen and oxygen atoms in total. The molecule has 0 heterocycles. The van der Waals surface area contributed by atoms with Gasteiger partial charge in [-0.1, -0.05) is 12.1 Å². The van der Waals surface area contributed by atoms with Crippen LogP contribution in [0.15, 0.2) is 24.3 Å². The molecule has 5 heteroatoms. The van der Waals surface area contributed by atoms with Crippen LogP contribution in [0.1, 0.15) is 26.7 Å². The highest BCUT2D eigenvalue weighted by molar-refractivity contribution is 5.76. The Balaban J connectivity index is 2.29. The Bertz CT molecular complexity index is 410. The second-order valence-electron chi connectivity index (χ2n) is 4.54. The van der Waals surface area contributed by atoms with Crippen LogP contribution in [0.5, 0.6) is 11.5 Å². The first kappa shape index (κ1) is 16.3. The van der Waals surface area contributed by atoms with Gasteiger partial charge in [-0.2, -0.15) is 0 Å². The third-order valence-electron chi connectivity index (χ3n) is 2.72. The zero-order valence-electron chi connectivity index (χ0n) is 12.2. The van der Waals surface area contributed by atoms with Crippen molar-refractivity contribution in [2.24, 2.45) is 5.73 Å². The van der Waals surface area contributed by atoms with Crippen molar-refractivity contribution in [3.63, 3.8) is 0 Å². The van der Waals surface area contributed by atoms with Crippen molar-refractivity contribution in [1.29, 1.82) is 0 Å². The minimum atomic E-state index is 0.00430. The SMILES string of the molecule is CCOc1ccccc1OCCCC(=O)N[C@@H](C)CN. The molecule has 0 saturated carbocycles. The number of nitrogens with one attached hydrogen (secondary N) is 1. The van der Waals surface area contributed by atoms with Crippen LogP contribution in [0.2, 0.25) is 0 Å². The van der Waals surface area contributed by atoms with Crippen LogP contribution >= 0.6 is 0 Å². The number of amides is 1. The van der Waals surface area contributed by atoms with Gasteiger partial charge < -0.3 is 20.5 Å². The average molecular weight is 280 g/mol. The number of rotatable bonds is 9. The van der Waals surface area contributed by atoms with E-state index in [1.165, 1.54) is 0 Å². The van der Waals surface area contributed by atoms with Gasteiger partial charge in [0.05, 0.1) is 13.2 Å². The summed E-state index contributed by atoms with van der Waals surface area (Å²) >= 11 is 0. The van der Waals surface area contributed by atoms with Gasteiger partial charge in [-0.05, 0) is 32.4 Å². The molecule has 0 saturated heterocycles. The quantitative estimate of drug-likeness (QED) is 0.675. The first-order chi connectivity index (χ1) is 9.67. The van der Waals surface area contributed by atoms with Crippen molar-refractivity contribution in [2.45, 2.75) is 32.7 Å². The van der Waals surface area contributed by atoms with Gasteiger partial charge in [0.1, 0.15) is 0 Å². The van der Waals surface area contributed by atoms with Crippen molar-refractivity contribution in [3.05, 3.63) is 24.3 Å². The number of nitrogens with two attached hydrogens (primary N) is 1. The fraction of sp³-hybridized carbons (Fsp3) is 0.533. The third-order valence-corrected chi connectivity index (χ3v) is 2.72. The number of benzene rings is 1. The predicted molar refractivity (Wildman–Crippen MR) is 79.0 cm³/mol. The van der Waals surface area contributed by atoms with Crippen LogP contribution in [0.4, 0.5) is 0 Å². The first-order valence-electron chi connectivity index (χ1n) is 7.01. The molecule has 1 amide bonds. The molecule has 0 aliphatic heterocycles. The Morgan fingerprint density at radius 3 is 2.55 bits per heavy atom. The summed E-state index contributed by atoms with van der Waals surface area (Å²) in [5.41, 5.74) is 5.44.